The Morgan fingerprint density at radius 2 is 1.95 bits per heavy atom. The predicted octanol–water partition coefficient (Wildman–Crippen LogP) is 4.27. The molecule has 19 heavy (non-hydrogen) atoms. The van der Waals surface area contributed by atoms with Gasteiger partial charge in [0.2, 0.25) is 0 Å². The van der Waals surface area contributed by atoms with Gasteiger partial charge in [0.05, 0.1) is 6.10 Å². The van der Waals surface area contributed by atoms with Gasteiger partial charge in [-0.1, -0.05) is 25.3 Å². The molecule has 1 aliphatic rings. The molecule has 0 radical (unpaired) electrons. The number of aliphatic hydroxyl groups excluding tert-OH is 1. The van der Waals surface area contributed by atoms with Crippen LogP contribution < -0.4 is 0 Å². The topological polar surface area (TPSA) is 37.3 Å². The highest BCUT2D eigenvalue weighted by molar-refractivity contribution is 5.75. The molecule has 1 aliphatic carbocycles. The first-order valence-electron chi connectivity index (χ1n) is 7.93. The van der Waals surface area contributed by atoms with Crippen molar-refractivity contribution in [3.05, 3.63) is 12.7 Å². The molecule has 0 saturated heterocycles. The van der Waals surface area contributed by atoms with E-state index in [2.05, 4.69) is 6.58 Å². The maximum absolute atomic E-state index is 10.8. The number of hydrogen-bond donors (Lipinski definition) is 1. The monoisotopic (exact) mass is 266 g/mol. The minimum Gasteiger partial charge on any atom is -0.393 e. The Morgan fingerprint density at radius 1 is 1.21 bits per heavy atom. The number of allylic oxidation sites excluding steroid dienone is 1. The molecule has 0 aliphatic heterocycles. The Hall–Kier alpha value is -0.630. The van der Waals surface area contributed by atoms with Crippen molar-refractivity contribution in [2.24, 2.45) is 11.8 Å². The molecule has 0 amide bonds. The van der Waals surface area contributed by atoms with Gasteiger partial charge in [0.25, 0.3) is 0 Å². The highest BCUT2D eigenvalue weighted by atomic mass is 16.3. The first kappa shape index (κ1) is 16.4. The normalized spacial score (nSPS) is 26.5. The molecule has 3 atom stereocenters. The van der Waals surface area contributed by atoms with E-state index in [9.17, 15) is 9.90 Å². The zero-order valence-electron chi connectivity index (χ0n) is 12.4. The van der Waals surface area contributed by atoms with Crippen LogP contribution in [0.25, 0.3) is 0 Å². The zero-order chi connectivity index (χ0) is 14.1. The summed E-state index contributed by atoms with van der Waals surface area (Å²) in [5, 5.41) is 10.1. The number of aliphatic hydroxyl groups is 1. The fourth-order valence-electron chi connectivity index (χ4n) is 3.35. The van der Waals surface area contributed by atoms with E-state index in [1.807, 2.05) is 6.08 Å². The lowest BCUT2D eigenvalue weighted by atomic mass is 9.86. The smallest absolute Gasteiger partial charge is 0.129 e. The second-order valence-corrected chi connectivity index (χ2v) is 6.09. The molecule has 1 N–H and O–H groups in total. The van der Waals surface area contributed by atoms with Crippen molar-refractivity contribution in [1.82, 2.24) is 0 Å². The van der Waals surface area contributed by atoms with Gasteiger partial charge < -0.3 is 9.90 Å². The van der Waals surface area contributed by atoms with Crippen LogP contribution in [0.4, 0.5) is 0 Å². The van der Waals surface area contributed by atoms with E-state index in [-0.39, 0.29) is 6.10 Å². The SMILES string of the molecule is C=CCCC1CC[C@H](O)[C@@H]1CCCCCCC(C)=O. The van der Waals surface area contributed by atoms with Gasteiger partial charge in [-0.2, -0.15) is 0 Å². The van der Waals surface area contributed by atoms with E-state index < -0.39 is 0 Å². The van der Waals surface area contributed by atoms with Crippen molar-refractivity contribution in [2.45, 2.75) is 77.2 Å². The van der Waals surface area contributed by atoms with E-state index in [4.69, 9.17) is 0 Å². The lowest BCUT2D eigenvalue weighted by Crippen LogP contribution is -2.19. The van der Waals surface area contributed by atoms with Crippen LogP contribution in [-0.2, 0) is 4.79 Å². The number of ketones is 1. The second-order valence-electron chi connectivity index (χ2n) is 6.09. The predicted molar refractivity (Wildman–Crippen MR) is 80.0 cm³/mol. The molecule has 0 spiro atoms. The molecule has 1 saturated carbocycles. The quantitative estimate of drug-likeness (QED) is 0.473. The average molecular weight is 266 g/mol. The van der Waals surface area contributed by atoms with Gasteiger partial charge in [-0.25, -0.2) is 0 Å². The van der Waals surface area contributed by atoms with Crippen LogP contribution in [-0.4, -0.2) is 17.0 Å². The molecule has 0 aromatic heterocycles. The van der Waals surface area contributed by atoms with Gasteiger partial charge in [0.1, 0.15) is 5.78 Å². The summed E-state index contributed by atoms with van der Waals surface area (Å²) in [7, 11) is 0. The number of Topliss-reactive ketones (excluding diaryl/α,β-unsaturated/α-hetero) is 1. The number of unbranched alkanes of at least 4 members (excludes halogenated alkanes) is 3. The van der Waals surface area contributed by atoms with Crippen molar-refractivity contribution < 1.29 is 9.90 Å². The Morgan fingerprint density at radius 3 is 2.63 bits per heavy atom. The molecule has 1 unspecified atom stereocenters. The summed E-state index contributed by atoms with van der Waals surface area (Å²) in [5.41, 5.74) is 0. The molecule has 2 heteroatoms. The van der Waals surface area contributed by atoms with Crippen LogP contribution in [0.5, 0.6) is 0 Å². The summed E-state index contributed by atoms with van der Waals surface area (Å²) < 4.78 is 0. The van der Waals surface area contributed by atoms with E-state index >= 15 is 0 Å². The minimum atomic E-state index is -0.0768. The number of carbonyl (C=O) groups excluding carboxylic acids is 1. The molecule has 110 valence electrons. The third kappa shape index (κ3) is 6.38. The largest absolute Gasteiger partial charge is 0.393 e. The van der Waals surface area contributed by atoms with Crippen molar-refractivity contribution in [2.75, 3.05) is 0 Å². The Bertz CT molecular complexity index is 272. The van der Waals surface area contributed by atoms with Crippen LogP contribution in [0.1, 0.15) is 71.1 Å². The highest BCUT2D eigenvalue weighted by Crippen LogP contribution is 2.38. The molecule has 0 aromatic carbocycles. The van der Waals surface area contributed by atoms with E-state index in [1.165, 1.54) is 25.7 Å². The van der Waals surface area contributed by atoms with Crippen LogP contribution in [0.15, 0.2) is 12.7 Å². The zero-order valence-corrected chi connectivity index (χ0v) is 12.4. The summed E-state index contributed by atoms with van der Waals surface area (Å²) in [6.45, 7) is 5.45. The lowest BCUT2D eigenvalue weighted by Gasteiger charge is -2.21. The van der Waals surface area contributed by atoms with E-state index in [1.54, 1.807) is 6.92 Å². The van der Waals surface area contributed by atoms with Gasteiger partial charge in [-0.3, -0.25) is 0 Å². The first-order chi connectivity index (χ1) is 9.15. The third-order valence-electron chi connectivity index (χ3n) is 4.49. The van der Waals surface area contributed by atoms with Gasteiger partial charge in [0, 0.05) is 6.42 Å². The van der Waals surface area contributed by atoms with Gasteiger partial charge >= 0.3 is 0 Å². The van der Waals surface area contributed by atoms with Gasteiger partial charge in [0.15, 0.2) is 0 Å². The molecular formula is C17H30O2. The standard InChI is InChI=1S/C17H30O2/c1-3-4-10-15-12-13-17(19)16(15)11-8-6-5-7-9-14(2)18/h3,15-17,19H,1,4-13H2,2H3/t15?,16-,17+/m1/s1. The first-order valence-corrected chi connectivity index (χ1v) is 7.93. The molecular weight excluding hydrogens is 236 g/mol. The maximum atomic E-state index is 10.8. The van der Waals surface area contributed by atoms with Gasteiger partial charge in [-0.05, 0) is 57.3 Å². The lowest BCUT2D eigenvalue weighted by molar-refractivity contribution is -0.117. The summed E-state index contributed by atoms with van der Waals surface area (Å²) >= 11 is 0. The van der Waals surface area contributed by atoms with Crippen molar-refractivity contribution in [3.63, 3.8) is 0 Å². The van der Waals surface area contributed by atoms with E-state index in [0.717, 1.165) is 38.5 Å². The number of carbonyl (C=O) groups is 1. The average Bonchev–Trinajstić information content (AvgIpc) is 2.72. The molecule has 0 aromatic rings. The van der Waals surface area contributed by atoms with Crippen molar-refractivity contribution in [1.29, 1.82) is 0 Å². The summed E-state index contributed by atoms with van der Waals surface area (Å²) in [4.78, 5) is 10.8. The summed E-state index contributed by atoms with van der Waals surface area (Å²) in [5.74, 6) is 1.51. The highest BCUT2D eigenvalue weighted by Gasteiger charge is 2.33. The molecule has 2 nitrogen and oxygen atoms in total. The van der Waals surface area contributed by atoms with Crippen LogP contribution in [0.2, 0.25) is 0 Å². The number of rotatable bonds is 10. The summed E-state index contributed by atoms with van der Waals surface area (Å²) in [6, 6.07) is 0. The Labute approximate surface area is 118 Å². The fourth-order valence-corrected chi connectivity index (χ4v) is 3.35. The Kier molecular flexibility index (Phi) is 8.04. The number of hydrogen-bond acceptors (Lipinski definition) is 2. The summed E-state index contributed by atoms with van der Waals surface area (Å²) in [6.07, 6.45) is 12.8. The van der Waals surface area contributed by atoms with Crippen LogP contribution in [0.3, 0.4) is 0 Å². The second kappa shape index (κ2) is 9.30. The Balaban J connectivity index is 2.14. The van der Waals surface area contributed by atoms with Gasteiger partial charge in [-0.15, -0.1) is 6.58 Å². The van der Waals surface area contributed by atoms with Crippen LogP contribution >= 0.6 is 0 Å². The molecule has 0 heterocycles. The van der Waals surface area contributed by atoms with E-state index in [0.29, 0.717) is 17.6 Å². The minimum absolute atomic E-state index is 0.0768. The molecule has 1 rings (SSSR count). The maximum Gasteiger partial charge on any atom is 0.129 e. The third-order valence-corrected chi connectivity index (χ3v) is 4.49. The van der Waals surface area contributed by atoms with Crippen LogP contribution in [0, 0.1) is 11.8 Å². The molecule has 0 bridgehead atoms. The van der Waals surface area contributed by atoms with Crippen molar-refractivity contribution >= 4 is 5.78 Å². The molecule has 1 fully saturated rings. The fraction of sp³-hybridized carbons (Fsp3) is 0.824. The van der Waals surface area contributed by atoms with Crippen molar-refractivity contribution in [3.8, 4) is 0 Å².